The Morgan fingerprint density at radius 1 is 1.22 bits per heavy atom. The van der Waals surface area contributed by atoms with Crippen LogP contribution in [0.3, 0.4) is 0 Å². The summed E-state index contributed by atoms with van der Waals surface area (Å²) in [6.45, 7) is 8.73. The number of fused-ring (bicyclic) bond motifs is 1. The van der Waals surface area contributed by atoms with Gasteiger partial charge in [-0.15, -0.1) is 0 Å². The number of aryl methyl sites for hydroxylation is 1. The molecule has 0 N–H and O–H groups in total. The lowest BCUT2D eigenvalue weighted by atomic mass is 9.83. The first-order valence-corrected chi connectivity index (χ1v) is 6.29. The van der Waals surface area contributed by atoms with Crippen molar-refractivity contribution < 1.29 is 4.74 Å². The molecule has 2 nitrogen and oxygen atoms in total. The zero-order chi connectivity index (χ0) is 13.5. The standard InChI is InChI=1S/C15H20BNO/c1-9-6-12(15(2,3)4)14(18-5)11-7-10(16)8-17-13(9)11/h6-8H,16H2,1-5H3. The van der Waals surface area contributed by atoms with E-state index in [-0.39, 0.29) is 5.41 Å². The maximum atomic E-state index is 5.66. The summed E-state index contributed by atoms with van der Waals surface area (Å²) in [6.07, 6.45) is 1.91. The minimum absolute atomic E-state index is 0.0635. The van der Waals surface area contributed by atoms with Crippen LogP contribution in [0, 0.1) is 6.92 Å². The monoisotopic (exact) mass is 241 g/mol. The third kappa shape index (κ3) is 2.10. The molecule has 1 aromatic carbocycles. The number of pyridine rings is 1. The summed E-state index contributed by atoms with van der Waals surface area (Å²) in [5.74, 6) is 0.958. The summed E-state index contributed by atoms with van der Waals surface area (Å²) in [4.78, 5) is 4.53. The molecule has 0 fully saturated rings. The van der Waals surface area contributed by atoms with Crippen molar-refractivity contribution >= 4 is 24.2 Å². The molecule has 2 rings (SSSR count). The van der Waals surface area contributed by atoms with Gasteiger partial charge in [0.1, 0.15) is 13.6 Å². The van der Waals surface area contributed by atoms with Crippen molar-refractivity contribution in [1.82, 2.24) is 4.98 Å². The Kier molecular flexibility index (Phi) is 3.10. The van der Waals surface area contributed by atoms with Crippen molar-refractivity contribution in [1.29, 1.82) is 0 Å². The van der Waals surface area contributed by atoms with Crippen molar-refractivity contribution in [2.45, 2.75) is 33.1 Å². The predicted octanol–water partition coefficient (Wildman–Crippen LogP) is 2.11. The Balaban J connectivity index is 2.90. The van der Waals surface area contributed by atoms with Gasteiger partial charge in [-0.1, -0.05) is 32.3 Å². The summed E-state index contributed by atoms with van der Waals surface area (Å²) >= 11 is 0. The van der Waals surface area contributed by atoms with E-state index in [4.69, 9.17) is 4.74 Å². The van der Waals surface area contributed by atoms with E-state index in [0.717, 1.165) is 22.1 Å². The maximum Gasteiger partial charge on any atom is 0.141 e. The van der Waals surface area contributed by atoms with Crippen LogP contribution in [0.25, 0.3) is 10.9 Å². The molecule has 0 aliphatic rings. The first-order valence-electron chi connectivity index (χ1n) is 6.29. The normalized spacial score (nSPS) is 11.8. The number of hydrogen-bond acceptors (Lipinski definition) is 2. The number of methoxy groups -OCH3 is 1. The Morgan fingerprint density at radius 3 is 2.44 bits per heavy atom. The van der Waals surface area contributed by atoms with Gasteiger partial charge in [-0.05, 0) is 24.0 Å². The number of nitrogens with zero attached hydrogens (tertiary/aromatic N) is 1. The highest BCUT2D eigenvalue weighted by Crippen LogP contribution is 2.37. The van der Waals surface area contributed by atoms with Crippen LogP contribution in [0.5, 0.6) is 5.75 Å². The molecule has 0 radical (unpaired) electrons. The zero-order valence-electron chi connectivity index (χ0n) is 12.1. The fourth-order valence-corrected chi connectivity index (χ4v) is 2.33. The molecule has 0 unspecified atom stereocenters. The van der Waals surface area contributed by atoms with Crippen molar-refractivity contribution in [2.24, 2.45) is 0 Å². The molecule has 0 saturated carbocycles. The highest BCUT2D eigenvalue weighted by Gasteiger charge is 2.22. The molecule has 2 aromatic rings. The second-order valence-electron chi connectivity index (χ2n) is 5.93. The van der Waals surface area contributed by atoms with Crippen LogP contribution in [0.4, 0.5) is 0 Å². The lowest BCUT2D eigenvalue weighted by Crippen LogP contribution is -2.14. The SMILES string of the molecule is Bc1cnc2c(C)cc(C(C)(C)C)c(OC)c2c1. The first kappa shape index (κ1) is 12.9. The van der Waals surface area contributed by atoms with Crippen LogP contribution in [0.1, 0.15) is 31.9 Å². The molecular weight excluding hydrogens is 221 g/mol. The van der Waals surface area contributed by atoms with E-state index >= 15 is 0 Å². The van der Waals surface area contributed by atoms with E-state index in [1.54, 1.807) is 7.11 Å². The molecular formula is C15H20BNO. The summed E-state index contributed by atoms with van der Waals surface area (Å²) < 4.78 is 5.66. The molecule has 0 bridgehead atoms. The molecule has 0 spiro atoms. The Hall–Kier alpha value is -1.51. The zero-order valence-corrected chi connectivity index (χ0v) is 12.1. The predicted molar refractivity (Wildman–Crippen MR) is 79.9 cm³/mol. The summed E-state index contributed by atoms with van der Waals surface area (Å²) in [7, 11) is 3.80. The van der Waals surface area contributed by atoms with Crippen LogP contribution in [0.2, 0.25) is 0 Å². The molecule has 1 heterocycles. The molecule has 1 aromatic heterocycles. The second kappa shape index (κ2) is 4.31. The molecule has 0 aliphatic heterocycles. The van der Waals surface area contributed by atoms with Crippen LogP contribution in [-0.2, 0) is 5.41 Å². The molecule has 0 aliphatic carbocycles. The number of hydrogen-bond donors (Lipinski definition) is 0. The van der Waals surface area contributed by atoms with Gasteiger partial charge in [-0.3, -0.25) is 4.98 Å². The van der Waals surface area contributed by atoms with Crippen molar-refractivity contribution in [3.05, 3.63) is 29.5 Å². The number of rotatable bonds is 1. The van der Waals surface area contributed by atoms with Gasteiger partial charge in [0.2, 0.25) is 0 Å². The quantitative estimate of drug-likeness (QED) is 0.713. The largest absolute Gasteiger partial charge is 0.496 e. The number of aromatic nitrogens is 1. The number of benzene rings is 1. The highest BCUT2D eigenvalue weighted by atomic mass is 16.5. The molecule has 0 amide bonds. The van der Waals surface area contributed by atoms with Crippen LogP contribution < -0.4 is 10.2 Å². The van der Waals surface area contributed by atoms with Gasteiger partial charge in [-0.25, -0.2) is 0 Å². The van der Waals surface area contributed by atoms with E-state index in [1.165, 1.54) is 11.1 Å². The first-order chi connectivity index (χ1) is 8.34. The van der Waals surface area contributed by atoms with Crippen LogP contribution >= 0.6 is 0 Å². The summed E-state index contributed by atoms with van der Waals surface area (Å²) in [5, 5.41) is 1.11. The van der Waals surface area contributed by atoms with E-state index < -0.39 is 0 Å². The molecule has 3 heteroatoms. The number of ether oxygens (including phenoxy) is 1. The fraction of sp³-hybridized carbons (Fsp3) is 0.400. The third-order valence-electron chi connectivity index (χ3n) is 3.26. The van der Waals surface area contributed by atoms with Crippen molar-refractivity contribution in [2.75, 3.05) is 7.11 Å². The van der Waals surface area contributed by atoms with Gasteiger partial charge in [0.25, 0.3) is 0 Å². The van der Waals surface area contributed by atoms with Crippen LogP contribution in [0.15, 0.2) is 18.3 Å². The average Bonchev–Trinajstić information content (AvgIpc) is 2.27. The smallest absolute Gasteiger partial charge is 0.141 e. The Labute approximate surface area is 110 Å². The second-order valence-corrected chi connectivity index (χ2v) is 5.93. The fourth-order valence-electron chi connectivity index (χ4n) is 2.33. The van der Waals surface area contributed by atoms with Gasteiger partial charge < -0.3 is 4.74 Å². The lowest BCUT2D eigenvalue weighted by molar-refractivity contribution is 0.402. The summed E-state index contributed by atoms with van der Waals surface area (Å²) in [5.41, 5.74) is 4.70. The average molecular weight is 241 g/mol. The Bertz CT molecular complexity index is 599. The molecule has 18 heavy (non-hydrogen) atoms. The van der Waals surface area contributed by atoms with Gasteiger partial charge >= 0.3 is 0 Å². The maximum absolute atomic E-state index is 5.66. The minimum Gasteiger partial charge on any atom is -0.496 e. The van der Waals surface area contributed by atoms with E-state index in [0.29, 0.717) is 0 Å². The van der Waals surface area contributed by atoms with Crippen molar-refractivity contribution in [3.63, 3.8) is 0 Å². The van der Waals surface area contributed by atoms with E-state index in [1.807, 2.05) is 6.20 Å². The van der Waals surface area contributed by atoms with Gasteiger partial charge in [0.15, 0.2) is 0 Å². The van der Waals surface area contributed by atoms with Gasteiger partial charge in [-0.2, -0.15) is 0 Å². The molecule has 0 atom stereocenters. The lowest BCUT2D eigenvalue weighted by Gasteiger charge is -2.24. The van der Waals surface area contributed by atoms with Gasteiger partial charge in [0, 0.05) is 17.1 Å². The van der Waals surface area contributed by atoms with E-state index in [9.17, 15) is 0 Å². The van der Waals surface area contributed by atoms with Crippen LogP contribution in [-0.4, -0.2) is 19.9 Å². The highest BCUT2D eigenvalue weighted by molar-refractivity contribution is 6.33. The minimum atomic E-state index is 0.0635. The molecule has 0 saturated heterocycles. The Morgan fingerprint density at radius 2 is 1.89 bits per heavy atom. The molecule has 94 valence electrons. The summed E-state index contributed by atoms with van der Waals surface area (Å²) in [6, 6.07) is 4.35. The van der Waals surface area contributed by atoms with Crippen molar-refractivity contribution in [3.8, 4) is 5.75 Å². The van der Waals surface area contributed by atoms with Gasteiger partial charge in [0.05, 0.1) is 12.6 Å². The topological polar surface area (TPSA) is 22.1 Å². The third-order valence-corrected chi connectivity index (χ3v) is 3.26. The van der Waals surface area contributed by atoms with E-state index in [2.05, 4.69) is 52.7 Å².